The van der Waals surface area contributed by atoms with Gasteiger partial charge in [-0.1, -0.05) is 30.3 Å². The highest BCUT2D eigenvalue weighted by atomic mass is 16.5. The molecule has 4 amide bonds. The van der Waals surface area contributed by atoms with Gasteiger partial charge in [-0.3, -0.25) is 14.4 Å². The number of amides is 4. The summed E-state index contributed by atoms with van der Waals surface area (Å²) in [6.07, 6.45) is -0.760. The second kappa shape index (κ2) is 9.80. The normalized spacial score (nSPS) is 11.9. The Kier molecular flexibility index (Phi) is 8.20. The first-order valence-corrected chi connectivity index (χ1v) is 9.94. The maximum Gasteiger partial charge on any atom is 0.408 e. The summed E-state index contributed by atoms with van der Waals surface area (Å²) >= 11 is 0. The molecule has 9 heteroatoms. The maximum atomic E-state index is 12.8. The first kappa shape index (κ1) is 25.9. The van der Waals surface area contributed by atoms with E-state index in [0.717, 1.165) is 5.56 Å². The molecule has 1 aromatic carbocycles. The third kappa shape index (κ3) is 7.58. The van der Waals surface area contributed by atoms with Crippen LogP contribution in [0.2, 0.25) is 0 Å². The number of likely N-dealkylation sites (N-methyl/N-ethyl adjacent to an activating group) is 1. The third-order valence-electron chi connectivity index (χ3n) is 4.56. The number of nitrogens with one attached hydrogen (secondary N) is 3. The Bertz CT molecular complexity index is 816. The number of benzene rings is 1. The van der Waals surface area contributed by atoms with E-state index >= 15 is 0 Å². The fraction of sp³-hybridized carbons (Fsp3) is 0.545. The Morgan fingerprint density at radius 2 is 1.23 bits per heavy atom. The summed E-state index contributed by atoms with van der Waals surface area (Å²) in [7, 11) is 3.18. The van der Waals surface area contributed by atoms with Crippen molar-refractivity contribution >= 4 is 23.8 Å². The van der Waals surface area contributed by atoms with Crippen molar-refractivity contribution in [2.45, 2.75) is 64.8 Å². The molecular weight excluding hydrogens is 400 g/mol. The molecular formula is C22H34N4O5. The topological polar surface area (TPSA) is 117 Å². The van der Waals surface area contributed by atoms with Crippen molar-refractivity contribution in [1.82, 2.24) is 20.9 Å². The zero-order valence-electron chi connectivity index (χ0n) is 19.6. The highest BCUT2D eigenvalue weighted by molar-refractivity contribution is 5.98. The summed E-state index contributed by atoms with van der Waals surface area (Å²) < 4.78 is 5.15. The Morgan fingerprint density at radius 1 is 0.774 bits per heavy atom. The molecule has 0 aliphatic rings. The van der Waals surface area contributed by atoms with Crippen LogP contribution in [0.25, 0.3) is 0 Å². The van der Waals surface area contributed by atoms with E-state index in [-0.39, 0.29) is 12.5 Å². The van der Waals surface area contributed by atoms with E-state index in [1.165, 1.54) is 32.6 Å². The number of hydrogen-bond acceptors (Lipinski definition) is 5. The summed E-state index contributed by atoms with van der Waals surface area (Å²) in [4.78, 5) is 51.3. The third-order valence-corrected chi connectivity index (χ3v) is 4.56. The average molecular weight is 435 g/mol. The standard InChI is InChI=1S/C22H34N4O5/c1-20(2,16(27)24-22(5,6)18(29)26(7)8)23-17(28)21(3,4)25-19(30)31-14-15-12-10-9-11-13-15/h9-13H,14H2,1-8H3,(H,23,28)(H,24,27)(H,25,30). The highest BCUT2D eigenvalue weighted by Gasteiger charge is 2.40. The van der Waals surface area contributed by atoms with E-state index in [1.54, 1.807) is 27.9 Å². The second-order valence-electron chi connectivity index (χ2n) is 9.17. The first-order valence-electron chi connectivity index (χ1n) is 9.94. The van der Waals surface area contributed by atoms with Gasteiger partial charge in [-0.2, -0.15) is 0 Å². The largest absolute Gasteiger partial charge is 0.445 e. The SMILES string of the molecule is CN(C)C(=O)C(C)(C)NC(=O)C(C)(C)NC(=O)C(C)(C)NC(=O)OCc1ccccc1. The van der Waals surface area contributed by atoms with Crippen molar-refractivity contribution in [1.29, 1.82) is 0 Å². The minimum Gasteiger partial charge on any atom is -0.445 e. The lowest BCUT2D eigenvalue weighted by atomic mass is 9.96. The van der Waals surface area contributed by atoms with Crippen LogP contribution < -0.4 is 16.0 Å². The van der Waals surface area contributed by atoms with Crippen LogP contribution in [0.3, 0.4) is 0 Å². The van der Waals surface area contributed by atoms with E-state index in [0.29, 0.717) is 0 Å². The van der Waals surface area contributed by atoms with Gasteiger partial charge in [-0.05, 0) is 47.1 Å². The van der Waals surface area contributed by atoms with Crippen LogP contribution in [0.15, 0.2) is 30.3 Å². The zero-order valence-corrected chi connectivity index (χ0v) is 19.6. The van der Waals surface area contributed by atoms with Crippen LogP contribution in [0.1, 0.15) is 47.1 Å². The maximum absolute atomic E-state index is 12.8. The van der Waals surface area contributed by atoms with Crippen LogP contribution in [0.5, 0.6) is 0 Å². The van der Waals surface area contributed by atoms with Crippen LogP contribution >= 0.6 is 0 Å². The molecule has 31 heavy (non-hydrogen) atoms. The molecule has 0 saturated carbocycles. The van der Waals surface area contributed by atoms with E-state index < -0.39 is 34.5 Å². The predicted octanol–water partition coefficient (Wildman–Crippen LogP) is 1.57. The van der Waals surface area contributed by atoms with Crippen LogP contribution in [-0.4, -0.2) is 59.4 Å². The van der Waals surface area contributed by atoms with Crippen molar-refractivity contribution in [3.8, 4) is 0 Å². The lowest BCUT2D eigenvalue weighted by molar-refractivity contribution is -0.141. The second-order valence-corrected chi connectivity index (χ2v) is 9.17. The van der Waals surface area contributed by atoms with Gasteiger partial charge in [0, 0.05) is 14.1 Å². The average Bonchev–Trinajstić information content (AvgIpc) is 2.65. The van der Waals surface area contributed by atoms with Gasteiger partial charge < -0.3 is 25.6 Å². The van der Waals surface area contributed by atoms with Crippen molar-refractivity contribution in [3.63, 3.8) is 0 Å². The number of rotatable bonds is 8. The van der Waals surface area contributed by atoms with Gasteiger partial charge in [-0.15, -0.1) is 0 Å². The summed E-state index contributed by atoms with van der Waals surface area (Å²) in [5, 5.41) is 7.78. The number of ether oxygens (including phenoxy) is 1. The molecule has 0 spiro atoms. The van der Waals surface area contributed by atoms with E-state index in [4.69, 9.17) is 4.74 Å². The van der Waals surface area contributed by atoms with Crippen molar-refractivity contribution in [2.75, 3.05) is 14.1 Å². The number of nitrogens with zero attached hydrogens (tertiary/aromatic N) is 1. The van der Waals surface area contributed by atoms with Crippen molar-refractivity contribution in [3.05, 3.63) is 35.9 Å². The Hall–Kier alpha value is -3.10. The minimum atomic E-state index is -1.35. The molecule has 0 aliphatic heterocycles. The van der Waals surface area contributed by atoms with Crippen LogP contribution in [-0.2, 0) is 25.7 Å². The smallest absolute Gasteiger partial charge is 0.408 e. The number of carbonyl (C=O) groups is 4. The highest BCUT2D eigenvalue weighted by Crippen LogP contribution is 2.13. The Balaban J connectivity index is 2.71. The molecule has 0 saturated heterocycles. The molecule has 0 heterocycles. The van der Waals surface area contributed by atoms with Crippen molar-refractivity contribution < 1.29 is 23.9 Å². The number of carbonyl (C=O) groups excluding carboxylic acids is 4. The molecule has 0 aliphatic carbocycles. The molecule has 1 aromatic rings. The van der Waals surface area contributed by atoms with Crippen LogP contribution in [0.4, 0.5) is 4.79 Å². The fourth-order valence-corrected chi connectivity index (χ4v) is 2.62. The lowest BCUT2D eigenvalue weighted by Gasteiger charge is -2.35. The van der Waals surface area contributed by atoms with Crippen LogP contribution in [0, 0.1) is 0 Å². The Morgan fingerprint density at radius 3 is 1.71 bits per heavy atom. The summed E-state index contributed by atoms with van der Waals surface area (Å²) in [5.74, 6) is -1.41. The first-order chi connectivity index (χ1) is 14.1. The molecule has 0 fully saturated rings. The van der Waals surface area contributed by atoms with Gasteiger partial charge in [0.15, 0.2) is 0 Å². The van der Waals surface area contributed by atoms with Gasteiger partial charge in [0.25, 0.3) is 0 Å². The van der Waals surface area contributed by atoms with Gasteiger partial charge in [0.05, 0.1) is 0 Å². The van der Waals surface area contributed by atoms with Gasteiger partial charge in [0.1, 0.15) is 23.2 Å². The molecule has 3 N–H and O–H groups in total. The lowest BCUT2D eigenvalue weighted by Crippen LogP contribution is -2.66. The van der Waals surface area contributed by atoms with E-state index in [9.17, 15) is 19.2 Å². The predicted molar refractivity (Wildman–Crippen MR) is 117 cm³/mol. The quantitative estimate of drug-likeness (QED) is 0.574. The molecule has 1 rings (SSSR count). The molecule has 0 radical (unpaired) electrons. The van der Waals surface area contributed by atoms with E-state index in [2.05, 4.69) is 16.0 Å². The molecule has 9 nitrogen and oxygen atoms in total. The van der Waals surface area contributed by atoms with Gasteiger partial charge in [0.2, 0.25) is 17.7 Å². The summed E-state index contributed by atoms with van der Waals surface area (Å²) in [5.41, 5.74) is -3.03. The number of hydrogen-bond donors (Lipinski definition) is 3. The molecule has 0 bridgehead atoms. The van der Waals surface area contributed by atoms with E-state index in [1.807, 2.05) is 30.3 Å². The molecule has 0 aromatic heterocycles. The molecule has 0 unspecified atom stereocenters. The minimum absolute atomic E-state index is 0.0628. The van der Waals surface area contributed by atoms with Crippen molar-refractivity contribution in [2.24, 2.45) is 0 Å². The summed E-state index contributed by atoms with van der Waals surface area (Å²) in [6.45, 7) is 9.26. The molecule has 0 atom stereocenters. The monoisotopic (exact) mass is 434 g/mol. The fourth-order valence-electron chi connectivity index (χ4n) is 2.62. The number of alkyl carbamates (subject to hydrolysis) is 1. The summed E-state index contributed by atoms with van der Waals surface area (Å²) in [6, 6.07) is 9.14. The van der Waals surface area contributed by atoms with Gasteiger partial charge in [-0.25, -0.2) is 4.79 Å². The van der Waals surface area contributed by atoms with Gasteiger partial charge >= 0.3 is 6.09 Å². The molecule has 172 valence electrons. The zero-order chi connectivity index (χ0) is 24.0. The Labute approximate surface area is 183 Å².